The van der Waals surface area contributed by atoms with Gasteiger partial charge in [-0.1, -0.05) is 88.5 Å². The van der Waals surface area contributed by atoms with E-state index in [1.807, 2.05) is 24.3 Å². The van der Waals surface area contributed by atoms with E-state index in [9.17, 15) is 9.59 Å². The normalized spacial score (nSPS) is 17.9. The van der Waals surface area contributed by atoms with Crippen LogP contribution < -0.4 is 9.47 Å². The van der Waals surface area contributed by atoms with Crippen LogP contribution in [0.3, 0.4) is 0 Å². The predicted molar refractivity (Wildman–Crippen MR) is 149 cm³/mol. The summed E-state index contributed by atoms with van der Waals surface area (Å²) in [5.41, 5.74) is 0. The molecule has 2 aliphatic rings. The van der Waals surface area contributed by atoms with Crippen LogP contribution in [-0.2, 0) is 19.1 Å². The lowest BCUT2D eigenvalue weighted by Crippen LogP contribution is -2.09. The minimum Gasteiger partial charge on any atom is -0.426 e. The maximum absolute atomic E-state index is 12.5. The molecule has 0 spiro atoms. The second-order valence-corrected chi connectivity index (χ2v) is 10.8. The molecule has 4 rings (SSSR count). The summed E-state index contributed by atoms with van der Waals surface area (Å²) in [5.74, 6) is 0.597. The van der Waals surface area contributed by atoms with Crippen molar-refractivity contribution in [2.24, 2.45) is 0 Å². The van der Waals surface area contributed by atoms with Gasteiger partial charge in [0.2, 0.25) is 0 Å². The first kappa shape index (κ1) is 28.6. The van der Waals surface area contributed by atoms with Gasteiger partial charge in [-0.25, -0.2) is 0 Å². The highest BCUT2D eigenvalue weighted by atomic mass is 16.6. The number of carbonyl (C=O) groups excluding carboxylic acids is 2. The number of epoxide rings is 2. The van der Waals surface area contributed by atoms with Gasteiger partial charge in [0.1, 0.15) is 11.5 Å². The van der Waals surface area contributed by atoms with Crippen LogP contribution in [0.25, 0.3) is 10.8 Å². The van der Waals surface area contributed by atoms with Crippen LogP contribution in [0.5, 0.6) is 11.5 Å². The molecular weight excluding hydrogens is 480 g/mol. The second kappa shape index (κ2) is 15.8. The van der Waals surface area contributed by atoms with Crippen molar-refractivity contribution in [3.05, 3.63) is 36.4 Å². The van der Waals surface area contributed by atoms with E-state index < -0.39 is 0 Å². The molecule has 2 fully saturated rings. The van der Waals surface area contributed by atoms with Crippen molar-refractivity contribution >= 4 is 22.7 Å². The molecule has 2 aromatic carbocycles. The highest BCUT2D eigenvalue weighted by Gasteiger charge is 2.21. The quantitative estimate of drug-likeness (QED) is 0.0765. The third kappa shape index (κ3) is 10.7. The van der Waals surface area contributed by atoms with E-state index in [2.05, 4.69) is 0 Å². The van der Waals surface area contributed by atoms with E-state index in [4.69, 9.17) is 18.9 Å². The molecule has 0 bridgehead atoms. The number of fused-ring (bicyclic) bond motifs is 1. The van der Waals surface area contributed by atoms with Crippen LogP contribution >= 0.6 is 0 Å². The molecule has 0 saturated carbocycles. The lowest BCUT2D eigenvalue weighted by Gasteiger charge is -2.11. The Labute approximate surface area is 227 Å². The first-order chi connectivity index (χ1) is 18.7. The summed E-state index contributed by atoms with van der Waals surface area (Å²) in [6.45, 7) is 1.89. The van der Waals surface area contributed by atoms with Gasteiger partial charge in [0.15, 0.2) is 0 Å². The largest absolute Gasteiger partial charge is 0.426 e. The van der Waals surface area contributed by atoms with Crippen LogP contribution in [0, 0.1) is 0 Å². The van der Waals surface area contributed by atoms with Gasteiger partial charge in [-0.3, -0.25) is 9.59 Å². The van der Waals surface area contributed by atoms with Gasteiger partial charge in [0.25, 0.3) is 0 Å². The van der Waals surface area contributed by atoms with Crippen molar-refractivity contribution in [2.45, 2.75) is 115 Å². The first-order valence-electron chi connectivity index (χ1n) is 14.9. The van der Waals surface area contributed by atoms with Crippen molar-refractivity contribution < 1.29 is 28.5 Å². The number of esters is 2. The van der Waals surface area contributed by atoms with Crippen LogP contribution in [0.1, 0.15) is 103 Å². The molecule has 2 aliphatic heterocycles. The number of hydrogen-bond acceptors (Lipinski definition) is 6. The van der Waals surface area contributed by atoms with Crippen molar-refractivity contribution in [2.75, 3.05) is 13.2 Å². The number of unbranched alkanes of at least 4 members (excludes halogenated alkanes) is 10. The van der Waals surface area contributed by atoms with Gasteiger partial charge in [-0.05, 0) is 37.8 Å². The highest BCUT2D eigenvalue weighted by molar-refractivity contribution is 5.95. The molecule has 2 aromatic rings. The van der Waals surface area contributed by atoms with E-state index in [-0.39, 0.29) is 11.9 Å². The van der Waals surface area contributed by atoms with E-state index in [0.717, 1.165) is 62.5 Å². The van der Waals surface area contributed by atoms with Crippen molar-refractivity contribution in [3.63, 3.8) is 0 Å². The third-order valence-corrected chi connectivity index (χ3v) is 7.41. The molecule has 6 heteroatoms. The Hall–Kier alpha value is -2.44. The van der Waals surface area contributed by atoms with Gasteiger partial charge in [0, 0.05) is 23.6 Å². The maximum Gasteiger partial charge on any atom is 0.311 e. The van der Waals surface area contributed by atoms with Crippen LogP contribution in [0.2, 0.25) is 0 Å². The van der Waals surface area contributed by atoms with E-state index in [0.29, 0.717) is 36.5 Å². The van der Waals surface area contributed by atoms with E-state index >= 15 is 0 Å². The molecule has 2 unspecified atom stereocenters. The molecule has 208 valence electrons. The van der Waals surface area contributed by atoms with Crippen LogP contribution in [0.4, 0.5) is 0 Å². The fourth-order valence-electron chi connectivity index (χ4n) is 4.94. The summed E-state index contributed by atoms with van der Waals surface area (Å²) in [5, 5.41) is 1.56. The lowest BCUT2D eigenvalue weighted by molar-refractivity contribution is -0.135. The Morgan fingerprint density at radius 3 is 1.34 bits per heavy atom. The minimum atomic E-state index is -0.216. The zero-order chi connectivity index (χ0) is 26.4. The fraction of sp³-hybridized carbons (Fsp3) is 0.625. The van der Waals surface area contributed by atoms with E-state index in [1.54, 1.807) is 12.1 Å². The molecule has 0 N–H and O–H groups in total. The molecule has 38 heavy (non-hydrogen) atoms. The topological polar surface area (TPSA) is 77.7 Å². The Morgan fingerprint density at radius 2 is 0.947 bits per heavy atom. The number of ether oxygens (including phenoxy) is 4. The minimum absolute atomic E-state index is 0.216. The van der Waals surface area contributed by atoms with Crippen LogP contribution in [0.15, 0.2) is 36.4 Å². The zero-order valence-corrected chi connectivity index (χ0v) is 22.8. The zero-order valence-electron chi connectivity index (χ0n) is 22.8. The Bertz CT molecular complexity index is 929. The van der Waals surface area contributed by atoms with Crippen molar-refractivity contribution in [1.82, 2.24) is 0 Å². The summed E-state index contributed by atoms with van der Waals surface area (Å²) >= 11 is 0. The first-order valence-corrected chi connectivity index (χ1v) is 14.9. The number of carbonyl (C=O) groups is 2. The SMILES string of the molecule is O=C(CCCCCCCCC1CO1)Oc1cccc2c(OC(=O)CCCCCCCCC3CO3)cccc12. The average Bonchev–Trinajstić information content (AvgIpc) is 3.84. The number of rotatable bonds is 20. The van der Waals surface area contributed by atoms with Gasteiger partial charge >= 0.3 is 11.9 Å². The van der Waals surface area contributed by atoms with Crippen molar-refractivity contribution in [3.8, 4) is 11.5 Å². The smallest absolute Gasteiger partial charge is 0.311 e. The number of hydrogen-bond donors (Lipinski definition) is 0. The molecule has 2 saturated heterocycles. The van der Waals surface area contributed by atoms with Gasteiger partial charge in [0.05, 0.1) is 25.4 Å². The molecule has 0 aromatic heterocycles. The summed E-state index contributed by atoms with van der Waals surface area (Å²) in [7, 11) is 0. The van der Waals surface area contributed by atoms with E-state index in [1.165, 1.54) is 51.4 Å². The second-order valence-electron chi connectivity index (χ2n) is 10.8. The standard InChI is InChI=1S/C32H44O6/c33-31(21-11-7-3-1-5-9-15-25-23-35-25)37-29-19-13-18-28-27(29)17-14-20-30(28)38-32(34)22-12-8-4-2-6-10-16-26-24-36-26/h13-14,17-20,25-26H,1-12,15-16,21-24H2. The summed E-state index contributed by atoms with van der Waals surface area (Å²) < 4.78 is 21.9. The molecule has 0 amide bonds. The van der Waals surface area contributed by atoms with Crippen LogP contribution in [-0.4, -0.2) is 37.4 Å². The monoisotopic (exact) mass is 524 g/mol. The van der Waals surface area contributed by atoms with Crippen molar-refractivity contribution in [1.29, 1.82) is 0 Å². The molecular formula is C32H44O6. The molecule has 0 radical (unpaired) electrons. The van der Waals surface area contributed by atoms with Gasteiger partial charge < -0.3 is 18.9 Å². The summed E-state index contributed by atoms with van der Waals surface area (Å²) in [6.07, 6.45) is 17.7. The average molecular weight is 525 g/mol. The third-order valence-electron chi connectivity index (χ3n) is 7.41. The highest BCUT2D eigenvalue weighted by Crippen LogP contribution is 2.33. The predicted octanol–water partition coefficient (Wildman–Crippen LogP) is 7.69. The summed E-state index contributed by atoms with van der Waals surface area (Å²) in [6, 6.07) is 11.1. The van der Waals surface area contributed by atoms with Gasteiger partial charge in [-0.15, -0.1) is 0 Å². The van der Waals surface area contributed by atoms with Gasteiger partial charge in [-0.2, -0.15) is 0 Å². The molecule has 6 nitrogen and oxygen atoms in total. The Balaban J connectivity index is 1.13. The fourth-order valence-corrected chi connectivity index (χ4v) is 4.94. The Morgan fingerprint density at radius 1 is 0.579 bits per heavy atom. The molecule has 2 atom stereocenters. The molecule has 2 heterocycles. The molecule has 0 aliphatic carbocycles. The Kier molecular flexibility index (Phi) is 11.9. The maximum atomic E-state index is 12.5. The lowest BCUT2D eigenvalue weighted by atomic mass is 10.1. The summed E-state index contributed by atoms with van der Waals surface area (Å²) in [4.78, 5) is 24.9. The number of benzene rings is 2.